The zero-order chi connectivity index (χ0) is 17.4. The first kappa shape index (κ1) is 17.0. The highest BCUT2D eigenvalue weighted by Gasteiger charge is 2.24. The Morgan fingerprint density at radius 2 is 1.74 bits per heavy atom. The molecule has 1 aromatic carbocycles. The number of sulfonamides is 1. The number of amides is 1. The molecule has 0 atom stereocenters. The highest BCUT2D eigenvalue weighted by atomic mass is 32.2. The number of benzene rings is 1. The Morgan fingerprint density at radius 3 is 2.26 bits per heavy atom. The smallest absolute Gasteiger partial charge is 0.268 e. The van der Waals surface area contributed by atoms with Gasteiger partial charge in [-0.15, -0.1) is 0 Å². The van der Waals surface area contributed by atoms with Crippen LogP contribution in [0.5, 0.6) is 0 Å². The SMILES string of the molecule is CC(=O)c1cccc(S(=O)(=O)NC(=O)c2c(C)oc(C)c2C)c1. The largest absolute Gasteiger partial charge is 0.466 e. The van der Waals surface area contributed by atoms with Gasteiger partial charge in [0.15, 0.2) is 5.78 Å². The van der Waals surface area contributed by atoms with Crippen molar-refractivity contribution in [3.63, 3.8) is 0 Å². The number of nitrogens with one attached hydrogen (secondary N) is 1. The maximum atomic E-state index is 12.3. The van der Waals surface area contributed by atoms with E-state index in [1.54, 1.807) is 20.8 Å². The molecule has 0 radical (unpaired) electrons. The van der Waals surface area contributed by atoms with Gasteiger partial charge in [0.2, 0.25) is 0 Å². The van der Waals surface area contributed by atoms with Crippen molar-refractivity contribution >= 4 is 21.7 Å². The summed E-state index contributed by atoms with van der Waals surface area (Å²) in [6.07, 6.45) is 0. The Hall–Kier alpha value is -2.41. The number of hydrogen-bond donors (Lipinski definition) is 1. The van der Waals surface area contributed by atoms with Gasteiger partial charge in [-0.25, -0.2) is 13.1 Å². The lowest BCUT2D eigenvalue weighted by atomic mass is 10.1. The molecular formula is C16H17NO5S. The first-order valence-electron chi connectivity index (χ1n) is 6.88. The first-order chi connectivity index (χ1) is 10.6. The van der Waals surface area contributed by atoms with Crippen molar-refractivity contribution in [2.24, 2.45) is 0 Å². The topological polar surface area (TPSA) is 93.5 Å². The number of hydrogen-bond acceptors (Lipinski definition) is 5. The van der Waals surface area contributed by atoms with Crippen LogP contribution in [0, 0.1) is 20.8 Å². The number of aryl methyl sites for hydroxylation is 2. The molecule has 0 bridgehead atoms. The van der Waals surface area contributed by atoms with Gasteiger partial charge in [-0.3, -0.25) is 9.59 Å². The van der Waals surface area contributed by atoms with Crippen LogP contribution in [-0.2, 0) is 10.0 Å². The van der Waals surface area contributed by atoms with Gasteiger partial charge in [0, 0.05) is 11.1 Å². The predicted molar refractivity (Wildman–Crippen MR) is 84.0 cm³/mol. The zero-order valence-electron chi connectivity index (χ0n) is 13.3. The second-order valence-corrected chi connectivity index (χ2v) is 6.92. The van der Waals surface area contributed by atoms with E-state index >= 15 is 0 Å². The molecule has 0 fully saturated rings. The molecule has 0 unspecified atom stereocenters. The van der Waals surface area contributed by atoms with E-state index in [0.717, 1.165) is 0 Å². The van der Waals surface area contributed by atoms with E-state index in [1.165, 1.54) is 31.2 Å². The highest BCUT2D eigenvalue weighted by molar-refractivity contribution is 7.90. The minimum Gasteiger partial charge on any atom is -0.466 e. The van der Waals surface area contributed by atoms with Crippen molar-refractivity contribution in [3.05, 3.63) is 52.5 Å². The van der Waals surface area contributed by atoms with Gasteiger partial charge in [-0.05, 0) is 39.8 Å². The molecule has 6 nitrogen and oxygen atoms in total. The Morgan fingerprint density at radius 1 is 1.09 bits per heavy atom. The Balaban J connectivity index is 2.36. The van der Waals surface area contributed by atoms with Crippen LogP contribution in [0.25, 0.3) is 0 Å². The van der Waals surface area contributed by atoms with Crippen LogP contribution in [0.15, 0.2) is 33.6 Å². The van der Waals surface area contributed by atoms with Crippen LogP contribution in [0.3, 0.4) is 0 Å². The number of Topliss-reactive ketones (excluding diaryl/α,β-unsaturated/α-hetero) is 1. The van der Waals surface area contributed by atoms with Gasteiger partial charge >= 0.3 is 0 Å². The lowest BCUT2D eigenvalue weighted by Gasteiger charge is -2.08. The zero-order valence-corrected chi connectivity index (χ0v) is 14.1. The summed E-state index contributed by atoms with van der Waals surface area (Å²) in [6, 6.07) is 5.52. The molecule has 0 aliphatic rings. The number of furan rings is 1. The van der Waals surface area contributed by atoms with Crippen molar-refractivity contribution in [1.29, 1.82) is 0 Å². The fraction of sp³-hybridized carbons (Fsp3) is 0.250. The van der Waals surface area contributed by atoms with E-state index < -0.39 is 15.9 Å². The summed E-state index contributed by atoms with van der Waals surface area (Å²) in [6.45, 7) is 6.32. The average Bonchev–Trinajstić information content (AvgIpc) is 2.71. The number of ketones is 1. The van der Waals surface area contributed by atoms with E-state index in [1.807, 2.05) is 4.72 Å². The van der Waals surface area contributed by atoms with Crippen molar-refractivity contribution < 1.29 is 22.4 Å². The van der Waals surface area contributed by atoms with Crippen LogP contribution >= 0.6 is 0 Å². The monoisotopic (exact) mass is 335 g/mol. The van der Waals surface area contributed by atoms with Crippen molar-refractivity contribution in [3.8, 4) is 0 Å². The molecule has 0 spiro atoms. The third-order valence-corrected chi connectivity index (χ3v) is 4.89. The lowest BCUT2D eigenvalue weighted by molar-refractivity contribution is 0.0977. The second-order valence-electron chi connectivity index (χ2n) is 5.23. The average molecular weight is 335 g/mol. The number of carbonyl (C=O) groups excluding carboxylic acids is 2. The highest BCUT2D eigenvalue weighted by Crippen LogP contribution is 2.21. The molecule has 1 amide bonds. The minimum absolute atomic E-state index is 0.144. The molecule has 1 heterocycles. The quantitative estimate of drug-likeness (QED) is 0.867. The summed E-state index contributed by atoms with van der Waals surface area (Å²) in [7, 11) is -4.08. The molecule has 7 heteroatoms. The fourth-order valence-corrected chi connectivity index (χ4v) is 3.25. The van der Waals surface area contributed by atoms with Crippen LogP contribution in [0.2, 0.25) is 0 Å². The molecule has 1 aromatic heterocycles. The maximum absolute atomic E-state index is 12.3. The van der Waals surface area contributed by atoms with Crippen molar-refractivity contribution in [1.82, 2.24) is 4.72 Å². The lowest BCUT2D eigenvalue weighted by Crippen LogP contribution is -2.31. The van der Waals surface area contributed by atoms with Gasteiger partial charge in [0.1, 0.15) is 11.5 Å². The van der Waals surface area contributed by atoms with Crippen LogP contribution < -0.4 is 4.72 Å². The maximum Gasteiger partial charge on any atom is 0.268 e. The minimum atomic E-state index is -4.08. The second kappa shape index (κ2) is 6.00. The van der Waals surface area contributed by atoms with E-state index in [-0.39, 0.29) is 21.8 Å². The number of carbonyl (C=O) groups is 2. The van der Waals surface area contributed by atoms with Gasteiger partial charge in [-0.2, -0.15) is 0 Å². The Kier molecular flexibility index (Phi) is 4.42. The van der Waals surface area contributed by atoms with E-state index in [4.69, 9.17) is 4.42 Å². The summed E-state index contributed by atoms with van der Waals surface area (Å²) >= 11 is 0. The fourth-order valence-electron chi connectivity index (χ4n) is 2.24. The predicted octanol–water partition coefficient (Wildman–Crippen LogP) is 2.53. The summed E-state index contributed by atoms with van der Waals surface area (Å²) in [5.74, 6) is -0.107. The summed E-state index contributed by atoms with van der Waals surface area (Å²) in [5.41, 5.74) is 1.05. The van der Waals surface area contributed by atoms with E-state index in [2.05, 4.69) is 0 Å². The summed E-state index contributed by atoms with van der Waals surface area (Å²) in [4.78, 5) is 23.5. The van der Waals surface area contributed by atoms with Crippen LogP contribution in [0.1, 0.15) is 44.7 Å². The van der Waals surface area contributed by atoms with Gasteiger partial charge < -0.3 is 4.42 Å². The van der Waals surface area contributed by atoms with Gasteiger partial charge in [0.25, 0.3) is 15.9 Å². The van der Waals surface area contributed by atoms with Gasteiger partial charge in [0.05, 0.1) is 10.5 Å². The molecule has 2 aromatic rings. The van der Waals surface area contributed by atoms with Crippen molar-refractivity contribution in [2.45, 2.75) is 32.6 Å². The molecule has 122 valence electrons. The molecule has 0 saturated heterocycles. The molecule has 23 heavy (non-hydrogen) atoms. The van der Waals surface area contributed by atoms with E-state index in [9.17, 15) is 18.0 Å². The Labute approximate surface area is 134 Å². The van der Waals surface area contributed by atoms with Gasteiger partial charge in [-0.1, -0.05) is 12.1 Å². The first-order valence-corrected chi connectivity index (χ1v) is 8.36. The summed E-state index contributed by atoms with van der Waals surface area (Å²) < 4.78 is 32.0. The van der Waals surface area contributed by atoms with Crippen LogP contribution in [0.4, 0.5) is 0 Å². The molecule has 1 N–H and O–H groups in total. The van der Waals surface area contributed by atoms with E-state index in [0.29, 0.717) is 17.1 Å². The Bertz CT molecular complexity index is 893. The summed E-state index contributed by atoms with van der Waals surface area (Å²) in [5, 5.41) is 0. The van der Waals surface area contributed by atoms with Crippen molar-refractivity contribution in [2.75, 3.05) is 0 Å². The molecule has 2 rings (SSSR count). The normalized spacial score (nSPS) is 11.3. The molecule has 0 saturated carbocycles. The number of rotatable bonds is 4. The third kappa shape index (κ3) is 3.34. The van der Waals surface area contributed by atoms with Crippen LogP contribution in [-0.4, -0.2) is 20.1 Å². The molecule has 0 aliphatic carbocycles. The standard InChI is InChI=1S/C16H17NO5S/c1-9-11(3)22-12(4)15(9)16(19)17-23(20,21)14-7-5-6-13(8-14)10(2)18/h5-8H,1-4H3,(H,17,19). The molecule has 0 aliphatic heterocycles. The third-order valence-electron chi connectivity index (χ3n) is 3.57. The molecular weight excluding hydrogens is 318 g/mol.